The lowest BCUT2D eigenvalue weighted by molar-refractivity contribution is 0.0600. The zero-order valence-corrected chi connectivity index (χ0v) is 14.8. The van der Waals surface area contributed by atoms with E-state index in [1.807, 2.05) is 0 Å². The molecule has 3 rings (SSSR count). The van der Waals surface area contributed by atoms with Gasteiger partial charge in [0, 0.05) is 25.0 Å². The number of nitrogens with one attached hydrogen (secondary N) is 1. The Labute approximate surface area is 152 Å². The van der Waals surface area contributed by atoms with Crippen molar-refractivity contribution in [1.82, 2.24) is 9.97 Å². The van der Waals surface area contributed by atoms with Gasteiger partial charge in [-0.1, -0.05) is 12.8 Å². The van der Waals surface area contributed by atoms with Crippen LogP contribution in [0.25, 0.3) is 0 Å². The molecule has 7 nitrogen and oxygen atoms in total. The first-order chi connectivity index (χ1) is 12.7. The molecule has 2 aromatic rings. The molecule has 7 heteroatoms. The van der Waals surface area contributed by atoms with Crippen molar-refractivity contribution in [3.05, 3.63) is 47.8 Å². The van der Waals surface area contributed by atoms with Gasteiger partial charge in [-0.05, 0) is 43.2 Å². The Hall–Kier alpha value is -2.96. The van der Waals surface area contributed by atoms with Crippen LogP contribution in [-0.2, 0) is 4.74 Å². The molecule has 0 atom stereocenters. The van der Waals surface area contributed by atoms with E-state index in [4.69, 9.17) is 0 Å². The van der Waals surface area contributed by atoms with E-state index in [1.54, 1.807) is 36.5 Å². The van der Waals surface area contributed by atoms with Gasteiger partial charge in [0.05, 0.1) is 12.7 Å². The van der Waals surface area contributed by atoms with E-state index in [9.17, 15) is 9.59 Å². The minimum atomic E-state index is -0.416. The van der Waals surface area contributed by atoms with Crippen LogP contribution in [0.3, 0.4) is 0 Å². The molecule has 1 aromatic heterocycles. The fourth-order valence-corrected chi connectivity index (χ4v) is 2.90. The quantitative estimate of drug-likeness (QED) is 0.850. The summed E-state index contributed by atoms with van der Waals surface area (Å²) in [5.74, 6) is -0.129. The number of hydrogen-bond acceptors (Lipinski definition) is 6. The summed E-state index contributed by atoms with van der Waals surface area (Å²) in [4.78, 5) is 34.8. The SMILES string of the molecule is COC(=O)c1ccc(NC(=O)c2ccnc(N3CCCCCC3)n2)cc1. The molecule has 1 N–H and O–H groups in total. The predicted octanol–water partition coefficient (Wildman–Crippen LogP) is 2.90. The number of rotatable bonds is 4. The van der Waals surface area contributed by atoms with E-state index in [0.29, 0.717) is 22.9 Å². The Morgan fingerprint density at radius 1 is 1.04 bits per heavy atom. The van der Waals surface area contributed by atoms with E-state index in [2.05, 4.69) is 24.9 Å². The first kappa shape index (κ1) is 17.8. The topological polar surface area (TPSA) is 84.4 Å². The van der Waals surface area contributed by atoms with Gasteiger partial charge < -0.3 is 15.0 Å². The molecule has 0 unspecified atom stereocenters. The first-order valence-corrected chi connectivity index (χ1v) is 8.75. The zero-order chi connectivity index (χ0) is 18.4. The van der Waals surface area contributed by atoms with Gasteiger partial charge in [-0.3, -0.25) is 4.79 Å². The summed E-state index contributed by atoms with van der Waals surface area (Å²) in [5.41, 5.74) is 1.32. The molecule has 1 saturated heterocycles. The van der Waals surface area contributed by atoms with Crippen LogP contribution in [0.5, 0.6) is 0 Å². The third kappa shape index (κ3) is 4.36. The number of amides is 1. The summed E-state index contributed by atoms with van der Waals surface area (Å²) >= 11 is 0. The molecule has 1 aliphatic heterocycles. The molecular formula is C19H22N4O3. The summed E-state index contributed by atoms with van der Waals surface area (Å²) in [7, 11) is 1.33. The highest BCUT2D eigenvalue weighted by atomic mass is 16.5. The van der Waals surface area contributed by atoms with E-state index in [-0.39, 0.29) is 5.91 Å². The first-order valence-electron chi connectivity index (χ1n) is 8.75. The summed E-state index contributed by atoms with van der Waals surface area (Å²) < 4.78 is 4.66. The van der Waals surface area contributed by atoms with Crippen molar-refractivity contribution in [3.8, 4) is 0 Å². The maximum Gasteiger partial charge on any atom is 0.337 e. The van der Waals surface area contributed by atoms with E-state index >= 15 is 0 Å². The van der Waals surface area contributed by atoms with E-state index in [1.165, 1.54) is 20.0 Å². The van der Waals surface area contributed by atoms with Gasteiger partial charge in [-0.25, -0.2) is 14.8 Å². The van der Waals surface area contributed by atoms with Gasteiger partial charge in [0.25, 0.3) is 5.91 Å². The lowest BCUT2D eigenvalue weighted by Gasteiger charge is -2.20. The molecule has 0 spiro atoms. The average molecular weight is 354 g/mol. The average Bonchev–Trinajstić information content (AvgIpc) is 2.97. The van der Waals surface area contributed by atoms with E-state index < -0.39 is 5.97 Å². The third-order valence-corrected chi connectivity index (χ3v) is 4.33. The van der Waals surface area contributed by atoms with Crippen LogP contribution in [-0.4, -0.2) is 42.0 Å². The van der Waals surface area contributed by atoms with Gasteiger partial charge in [-0.2, -0.15) is 0 Å². The summed E-state index contributed by atoms with van der Waals surface area (Å²) in [6.45, 7) is 1.83. The summed E-state index contributed by atoms with van der Waals surface area (Å²) in [6, 6.07) is 8.11. The van der Waals surface area contributed by atoms with Crippen LogP contribution in [0.2, 0.25) is 0 Å². The molecule has 2 heterocycles. The number of carbonyl (C=O) groups excluding carboxylic acids is 2. The number of carbonyl (C=O) groups is 2. The lowest BCUT2D eigenvalue weighted by atomic mass is 10.2. The van der Waals surface area contributed by atoms with Gasteiger partial charge >= 0.3 is 5.97 Å². The van der Waals surface area contributed by atoms with Gasteiger partial charge in [0.2, 0.25) is 5.95 Å². The molecular weight excluding hydrogens is 332 g/mol. The lowest BCUT2D eigenvalue weighted by Crippen LogP contribution is -2.27. The van der Waals surface area contributed by atoms with Gasteiger partial charge in [-0.15, -0.1) is 0 Å². The normalized spacial score (nSPS) is 14.4. The van der Waals surface area contributed by atoms with Crippen molar-refractivity contribution in [2.24, 2.45) is 0 Å². The minimum Gasteiger partial charge on any atom is -0.465 e. The number of hydrogen-bond donors (Lipinski definition) is 1. The molecule has 0 bridgehead atoms. The Morgan fingerprint density at radius 3 is 2.38 bits per heavy atom. The molecule has 1 amide bonds. The molecule has 0 aliphatic carbocycles. The second-order valence-electron chi connectivity index (χ2n) is 6.17. The van der Waals surface area contributed by atoms with Crippen molar-refractivity contribution < 1.29 is 14.3 Å². The van der Waals surface area contributed by atoms with Crippen molar-refractivity contribution in [1.29, 1.82) is 0 Å². The monoisotopic (exact) mass is 354 g/mol. The van der Waals surface area contributed by atoms with Gasteiger partial charge in [0.1, 0.15) is 5.69 Å². The molecule has 1 aliphatic rings. The third-order valence-electron chi connectivity index (χ3n) is 4.33. The molecule has 0 saturated carbocycles. The van der Waals surface area contributed by atoms with Crippen LogP contribution >= 0.6 is 0 Å². The number of nitrogens with zero attached hydrogens (tertiary/aromatic N) is 3. The van der Waals surface area contributed by atoms with Crippen LogP contribution in [0.1, 0.15) is 46.5 Å². The van der Waals surface area contributed by atoms with Crippen molar-refractivity contribution in [2.75, 3.05) is 30.4 Å². The molecule has 0 radical (unpaired) electrons. The highest BCUT2D eigenvalue weighted by Crippen LogP contribution is 2.16. The van der Waals surface area contributed by atoms with E-state index in [0.717, 1.165) is 25.9 Å². The van der Waals surface area contributed by atoms with Gasteiger partial charge in [0.15, 0.2) is 0 Å². The van der Waals surface area contributed by atoms with Crippen molar-refractivity contribution in [2.45, 2.75) is 25.7 Å². The smallest absolute Gasteiger partial charge is 0.337 e. The largest absolute Gasteiger partial charge is 0.465 e. The number of ether oxygens (including phenoxy) is 1. The summed E-state index contributed by atoms with van der Waals surface area (Å²) in [5, 5.41) is 2.79. The minimum absolute atomic E-state index is 0.311. The van der Waals surface area contributed by atoms with Crippen molar-refractivity contribution in [3.63, 3.8) is 0 Å². The Bertz CT molecular complexity index is 769. The van der Waals surface area contributed by atoms with Crippen LogP contribution < -0.4 is 10.2 Å². The number of esters is 1. The highest BCUT2D eigenvalue weighted by Gasteiger charge is 2.15. The second-order valence-corrected chi connectivity index (χ2v) is 6.17. The predicted molar refractivity (Wildman–Crippen MR) is 98.4 cm³/mol. The Balaban J connectivity index is 1.69. The fraction of sp³-hybridized carbons (Fsp3) is 0.368. The van der Waals surface area contributed by atoms with Crippen LogP contribution in [0, 0.1) is 0 Å². The maximum atomic E-state index is 12.5. The standard InChI is InChI=1S/C19H22N4O3/c1-26-18(25)14-6-8-15(9-7-14)21-17(24)16-10-11-20-19(22-16)23-12-4-2-3-5-13-23/h6-11H,2-5,12-13H2,1H3,(H,21,24). The Kier molecular flexibility index (Phi) is 5.78. The second kappa shape index (κ2) is 8.42. The molecule has 136 valence electrons. The van der Waals surface area contributed by atoms with Crippen LogP contribution in [0.4, 0.5) is 11.6 Å². The summed E-state index contributed by atoms with van der Waals surface area (Å²) in [6.07, 6.45) is 6.29. The van der Waals surface area contributed by atoms with Crippen molar-refractivity contribution >= 4 is 23.5 Å². The van der Waals surface area contributed by atoms with Crippen LogP contribution in [0.15, 0.2) is 36.5 Å². The molecule has 26 heavy (non-hydrogen) atoms. The maximum absolute atomic E-state index is 12.5. The zero-order valence-electron chi connectivity index (χ0n) is 14.8. The number of benzene rings is 1. The fourth-order valence-electron chi connectivity index (χ4n) is 2.90. The Morgan fingerprint density at radius 2 is 1.73 bits per heavy atom. The number of aromatic nitrogens is 2. The number of anilines is 2. The molecule has 1 aromatic carbocycles. The highest BCUT2D eigenvalue weighted by molar-refractivity contribution is 6.03. The molecule has 1 fully saturated rings. The number of methoxy groups -OCH3 is 1.